The van der Waals surface area contributed by atoms with E-state index in [-0.39, 0.29) is 17.1 Å². The number of halogens is 2. The minimum atomic E-state index is -0.539. The predicted molar refractivity (Wildman–Crippen MR) is 142 cm³/mol. The maximum atomic E-state index is 13.2. The second-order valence-corrected chi connectivity index (χ2v) is 9.32. The lowest BCUT2D eigenvalue weighted by Crippen LogP contribution is -2.22. The second kappa shape index (κ2) is 11.0. The van der Waals surface area contributed by atoms with Crippen LogP contribution >= 0.6 is 31.9 Å². The van der Waals surface area contributed by atoms with Gasteiger partial charge >= 0.3 is 0 Å². The number of ether oxygens (including phenoxy) is 2. The van der Waals surface area contributed by atoms with E-state index in [9.17, 15) is 14.9 Å². The molecule has 0 saturated carbocycles. The van der Waals surface area contributed by atoms with Crippen molar-refractivity contribution in [2.45, 2.75) is 19.8 Å². The molecule has 0 spiro atoms. The Bertz CT molecular complexity index is 1540. The van der Waals surface area contributed by atoms with Crippen molar-refractivity contribution in [2.75, 3.05) is 7.11 Å². The van der Waals surface area contributed by atoms with E-state index in [0.29, 0.717) is 44.7 Å². The third kappa shape index (κ3) is 5.44. The van der Waals surface area contributed by atoms with Crippen molar-refractivity contribution in [3.8, 4) is 17.4 Å². The number of benzene rings is 2. The first-order valence-corrected chi connectivity index (χ1v) is 12.3. The summed E-state index contributed by atoms with van der Waals surface area (Å²) in [6, 6.07) is 11.5. The van der Waals surface area contributed by atoms with E-state index in [4.69, 9.17) is 9.47 Å². The number of hydrogen-bond acceptors (Lipinski definition) is 8. The number of nitro groups is 1. The molecular formula is C24H19Br2N5O5. The molecule has 0 aliphatic heterocycles. The van der Waals surface area contributed by atoms with Crippen LogP contribution in [-0.4, -0.2) is 32.9 Å². The van der Waals surface area contributed by atoms with Crippen molar-refractivity contribution in [1.82, 2.24) is 14.6 Å². The van der Waals surface area contributed by atoms with Gasteiger partial charge in [-0.15, -0.1) is 0 Å². The molecule has 2 aromatic carbocycles. The van der Waals surface area contributed by atoms with Crippen LogP contribution in [0.25, 0.3) is 10.9 Å². The van der Waals surface area contributed by atoms with E-state index in [1.807, 2.05) is 13.0 Å². The van der Waals surface area contributed by atoms with E-state index >= 15 is 0 Å². The average Bonchev–Trinajstić information content (AvgIpc) is 2.86. The van der Waals surface area contributed by atoms with Gasteiger partial charge in [0, 0.05) is 23.0 Å². The van der Waals surface area contributed by atoms with Gasteiger partial charge in [-0.2, -0.15) is 9.78 Å². The number of methoxy groups -OCH3 is 1. The number of rotatable bonds is 8. The highest BCUT2D eigenvalue weighted by molar-refractivity contribution is 9.10. The molecule has 0 amide bonds. The van der Waals surface area contributed by atoms with Crippen LogP contribution in [0.5, 0.6) is 17.4 Å². The van der Waals surface area contributed by atoms with Gasteiger partial charge in [0.05, 0.1) is 33.6 Å². The molecule has 2 aromatic heterocycles. The Hall–Kier alpha value is -3.64. The Morgan fingerprint density at radius 1 is 1.19 bits per heavy atom. The molecular weight excluding hydrogens is 598 g/mol. The highest BCUT2D eigenvalue weighted by atomic mass is 79.9. The van der Waals surface area contributed by atoms with Gasteiger partial charge in [0.15, 0.2) is 11.5 Å². The first-order chi connectivity index (χ1) is 17.3. The van der Waals surface area contributed by atoms with Crippen LogP contribution in [-0.2, 0) is 6.42 Å². The van der Waals surface area contributed by atoms with Gasteiger partial charge in [0.2, 0.25) is 5.88 Å². The largest absolute Gasteiger partial charge is 0.493 e. The molecule has 2 heterocycles. The maximum Gasteiger partial charge on any atom is 0.287 e. The first-order valence-electron chi connectivity index (χ1n) is 10.7. The molecule has 0 saturated heterocycles. The number of aryl methyl sites for hydroxylation is 1. The summed E-state index contributed by atoms with van der Waals surface area (Å²) in [6.07, 6.45) is 4.03. The van der Waals surface area contributed by atoms with E-state index in [1.54, 1.807) is 24.3 Å². The summed E-state index contributed by atoms with van der Waals surface area (Å²) in [6.45, 7) is 2.01. The van der Waals surface area contributed by atoms with E-state index < -0.39 is 4.92 Å². The highest BCUT2D eigenvalue weighted by Gasteiger charge is 2.15. The van der Waals surface area contributed by atoms with Gasteiger partial charge in [0.25, 0.3) is 11.2 Å². The van der Waals surface area contributed by atoms with E-state index in [0.717, 1.165) is 17.1 Å². The Kier molecular flexibility index (Phi) is 7.75. The highest BCUT2D eigenvalue weighted by Crippen LogP contribution is 2.39. The number of aromatic nitrogens is 3. The van der Waals surface area contributed by atoms with Gasteiger partial charge < -0.3 is 9.47 Å². The predicted octanol–water partition coefficient (Wildman–Crippen LogP) is 5.86. The fourth-order valence-corrected chi connectivity index (χ4v) is 4.28. The van der Waals surface area contributed by atoms with Crippen molar-refractivity contribution in [3.05, 3.63) is 89.5 Å². The quantitative estimate of drug-likeness (QED) is 0.138. The van der Waals surface area contributed by atoms with Gasteiger partial charge in [-0.25, -0.2) is 9.97 Å². The molecule has 0 aliphatic rings. The molecule has 0 bridgehead atoms. The Labute approximate surface area is 222 Å². The summed E-state index contributed by atoms with van der Waals surface area (Å²) in [5.41, 5.74) is 0.833. The Morgan fingerprint density at radius 3 is 2.67 bits per heavy atom. The Balaban J connectivity index is 1.70. The van der Waals surface area contributed by atoms with Crippen molar-refractivity contribution in [1.29, 1.82) is 0 Å². The molecule has 0 N–H and O–H groups in total. The topological polar surface area (TPSA) is 122 Å². The lowest BCUT2D eigenvalue weighted by molar-refractivity contribution is -0.385. The van der Waals surface area contributed by atoms with Crippen LogP contribution in [0.2, 0.25) is 0 Å². The minimum absolute atomic E-state index is 0.145. The lowest BCUT2D eigenvalue weighted by atomic mass is 10.2. The van der Waals surface area contributed by atoms with E-state index in [2.05, 4.69) is 46.9 Å². The van der Waals surface area contributed by atoms with Crippen molar-refractivity contribution < 1.29 is 14.4 Å². The van der Waals surface area contributed by atoms with Crippen molar-refractivity contribution in [3.63, 3.8) is 0 Å². The standard InChI is InChI=1S/C24H19Br2N5O5/c1-3-4-21-29-19-7-5-15(25)11-17(19)24(32)30(21)28-12-14-9-18(26)23(20(10-14)35-2)36-22-8-6-16(13-27-22)31(33)34/h5-13H,3-4H2,1-2H3. The van der Waals surface area contributed by atoms with Crippen molar-refractivity contribution in [2.24, 2.45) is 5.10 Å². The van der Waals surface area contributed by atoms with Gasteiger partial charge in [-0.1, -0.05) is 22.9 Å². The molecule has 4 rings (SSSR count). The summed E-state index contributed by atoms with van der Waals surface area (Å²) in [7, 11) is 1.48. The Morgan fingerprint density at radius 2 is 2.00 bits per heavy atom. The first kappa shape index (κ1) is 25.5. The molecule has 0 atom stereocenters. The third-order valence-corrected chi connectivity index (χ3v) is 6.14. The third-order valence-electron chi connectivity index (χ3n) is 5.06. The summed E-state index contributed by atoms with van der Waals surface area (Å²) >= 11 is 6.87. The van der Waals surface area contributed by atoms with Crippen LogP contribution in [0, 0.1) is 10.1 Å². The summed E-state index contributed by atoms with van der Waals surface area (Å²) in [5, 5.41) is 15.7. The number of nitrogens with zero attached hydrogens (tertiary/aromatic N) is 5. The van der Waals surface area contributed by atoms with E-state index in [1.165, 1.54) is 30.1 Å². The van der Waals surface area contributed by atoms with Crippen LogP contribution in [0.1, 0.15) is 24.7 Å². The zero-order chi connectivity index (χ0) is 25.8. The summed E-state index contributed by atoms with van der Waals surface area (Å²) in [5.74, 6) is 1.42. The minimum Gasteiger partial charge on any atom is -0.493 e. The molecule has 0 fully saturated rings. The van der Waals surface area contributed by atoms with Crippen LogP contribution in [0.4, 0.5) is 5.69 Å². The number of pyridine rings is 1. The zero-order valence-electron chi connectivity index (χ0n) is 19.1. The molecule has 0 unspecified atom stereocenters. The van der Waals surface area contributed by atoms with Crippen LogP contribution in [0.15, 0.2) is 67.5 Å². The van der Waals surface area contributed by atoms with Crippen LogP contribution < -0.4 is 15.0 Å². The molecule has 4 aromatic rings. The average molecular weight is 617 g/mol. The van der Waals surface area contributed by atoms with Crippen LogP contribution in [0.3, 0.4) is 0 Å². The molecule has 0 aliphatic carbocycles. The lowest BCUT2D eigenvalue weighted by Gasteiger charge is -2.12. The molecule has 184 valence electrons. The van der Waals surface area contributed by atoms with Gasteiger partial charge in [-0.3, -0.25) is 14.9 Å². The molecule has 10 nitrogen and oxygen atoms in total. The number of fused-ring (bicyclic) bond motifs is 1. The monoisotopic (exact) mass is 615 g/mol. The summed E-state index contributed by atoms with van der Waals surface area (Å²) < 4.78 is 13.9. The van der Waals surface area contributed by atoms with Gasteiger partial charge in [0.1, 0.15) is 12.0 Å². The summed E-state index contributed by atoms with van der Waals surface area (Å²) in [4.78, 5) is 32.1. The number of hydrogen-bond donors (Lipinski definition) is 0. The maximum absolute atomic E-state index is 13.2. The fraction of sp³-hybridized carbons (Fsp3) is 0.167. The SMILES string of the molecule is CCCc1nc2ccc(Br)cc2c(=O)n1N=Cc1cc(Br)c(Oc2ccc([N+](=O)[O-])cn2)c(OC)c1. The molecule has 12 heteroatoms. The van der Waals surface area contributed by atoms with Gasteiger partial charge in [-0.05, 0) is 58.2 Å². The molecule has 0 radical (unpaired) electrons. The smallest absolute Gasteiger partial charge is 0.287 e. The normalized spacial score (nSPS) is 11.2. The zero-order valence-corrected chi connectivity index (χ0v) is 22.3. The fourth-order valence-electron chi connectivity index (χ4n) is 3.38. The molecule has 36 heavy (non-hydrogen) atoms. The second-order valence-electron chi connectivity index (χ2n) is 7.55. The van der Waals surface area contributed by atoms with Crippen molar-refractivity contribution >= 4 is 54.7 Å².